The van der Waals surface area contributed by atoms with E-state index in [4.69, 9.17) is 8.83 Å². The molecule has 0 saturated heterocycles. The molecule has 306 valence electrons. The summed E-state index contributed by atoms with van der Waals surface area (Å²) in [7, 11) is 0. The van der Waals surface area contributed by atoms with Gasteiger partial charge in [-0.2, -0.15) is 0 Å². The maximum atomic E-state index is 6.42. The fourth-order valence-electron chi connectivity index (χ4n) is 9.86. The second-order valence-electron chi connectivity index (χ2n) is 16.5. The van der Waals surface area contributed by atoms with E-state index in [-0.39, 0.29) is 0 Å². The minimum atomic E-state index is 0.844. The van der Waals surface area contributed by atoms with E-state index < -0.39 is 0 Å². The molecule has 3 heterocycles. The Morgan fingerprint density at radius 3 is 1.37 bits per heavy atom. The van der Waals surface area contributed by atoms with Crippen LogP contribution >= 0.6 is 0 Å². The molecule has 0 aliphatic carbocycles. The third-order valence-corrected chi connectivity index (χ3v) is 12.8. The van der Waals surface area contributed by atoms with Crippen molar-refractivity contribution < 1.29 is 8.83 Å². The number of furan rings is 2. The summed E-state index contributed by atoms with van der Waals surface area (Å²) >= 11 is 0. The minimum Gasteiger partial charge on any atom is -0.456 e. The SMILES string of the molecule is c1ccc(N(c2ccccc2)c2cccc(-n3c4ccccc4c4c(-c5ccc(N(c6ccc7c(c6)oc6ccccc67)c6ccc7c(c6)oc6ccccc67)cc5)cccc43)c2)cc1. The monoisotopic (exact) mass is 833 g/mol. The second-order valence-corrected chi connectivity index (χ2v) is 16.5. The summed E-state index contributed by atoms with van der Waals surface area (Å²) < 4.78 is 15.2. The topological polar surface area (TPSA) is 37.7 Å². The van der Waals surface area contributed by atoms with Gasteiger partial charge in [-0.05, 0) is 114 Å². The molecular weight excluding hydrogens is 795 g/mol. The number of rotatable bonds is 8. The highest BCUT2D eigenvalue weighted by Crippen LogP contribution is 2.44. The molecule has 0 aliphatic heterocycles. The van der Waals surface area contributed by atoms with Crippen LogP contribution in [0.3, 0.4) is 0 Å². The fraction of sp³-hybridized carbons (Fsp3) is 0. The van der Waals surface area contributed by atoms with Crippen LogP contribution in [-0.4, -0.2) is 4.57 Å². The van der Waals surface area contributed by atoms with E-state index in [2.05, 4.69) is 227 Å². The first-order valence-electron chi connectivity index (χ1n) is 22.0. The summed E-state index contributed by atoms with van der Waals surface area (Å²) in [6.07, 6.45) is 0. The Hall–Kier alpha value is -8.80. The second kappa shape index (κ2) is 14.9. The highest BCUT2D eigenvalue weighted by atomic mass is 16.3. The first-order chi connectivity index (χ1) is 32.2. The average Bonchev–Trinajstić information content (AvgIpc) is 4.04. The summed E-state index contributed by atoms with van der Waals surface area (Å²) in [6, 6.07) is 83.9. The van der Waals surface area contributed by atoms with Gasteiger partial charge in [0.15, 0.2) is 0 Å². The van der Waals surface area contributed by atoms with Crippen LogP contribution in [0.1, 0.15) is 0 Å². The van der Waals surface area contributed by atoms with Crippen molar-refractivity contribution in [1.29, 1.82) is 0 Å². The van der Waals surface area contributed by atoms with E-state index in [1.54, 1.807) is 0 Å². The third kappa shape index (κ3) is 6.09. The number of fused-ring (bicyclic) bond motifs is 9. The maximum absolute atomic E-state index is 6.42. The quantitative estimate of drug-likeness (QED) is 0.153. The molecule has 0 radical (unpaired) electrons. The van der Waals surface area contributed by atoms with E-state index in [1.807, 2.05) is 24.3 Å². The van der Waals surface area contributed by atoms with Crippen LogP contribution in [0.15, 0.2) is 245 Å². The summed E-state index contributed by atoms with van der Waals surface area (Å²) in [5, 5.41) is 6.82. The highest BCUT2D eigenvalue weighted by molar-refractivity contribution is 6.16. The predicted molar refractivity (Wildman–Crippen MR) is 270 cm³/mol. The van der Waals surface area contributed by atoms with Gasteiger partial charge in [-0.3, -0.25) is 0 Å². The van der Waals surface area contributed by atoms with Gasteiger partial charge in [0.1, 0.15) is 22.3 Å². The Kier molecular flexibility index (Phi) is 8.46. The van der Waals surface area contributed by atoms with Crippen molar-refractivity contribution in [3.63, 3.8) is 0 Å². The highest BCUT2D eigenvalue weighted by Gasteiger charge is 2.21. The van der Waals surface area contributed by atoms with E-state index in [9.17, 15) is 0 Å². The van der Waals surface area contributed by atoms with Crippen molar-refractivity contribution in [3.8, 4) is 16.8 Å². The molecule has 5 nitrogen and oxygen atoms in total. The summed E-state index contributed by atoms with van der Waals surface area (Å²) in [5.41, 5.74) is 15.4. The largest absolute Gasteiger partial charge is 0.456 e. The van der Waals surface area contributed by atoms with Crippen molar-refractivity contribution in [2.24, 2.45) is 0 Å². The molecule has 13 aromatic rings. The lowest BCUT2D eigenvalue weighted by Crippen LogP contribution is -2.10. The van der Waals surface area contributed by atoms with Crippen LogP contribution in [0.4, 0.5) is 34.1 Å². The van der Waals surface area contributed by atoms with Crippen LogP contribution in [0.2, 0.25) is 0 Å². The molecule has 0 atom stereocenters. The van der Waals surface area contributed by atoms with Gasteiger partial charge in [0.25, 0.3) is 0 Å². The lowest BCUT2D eigenvalue weighted by atomic mass is 9.99. The molecule has 10 aromatic carbocycles. The lowest BCUT2D eigenvalue weighted by Gasteiger charge is -2.26. The first-order valence-corrected chi connectivity index (χ1v) is 22.0. The normalized spacial score (nSPS) is 11.7. The Balaban J connectivity index is 0.939. The number of hydrogen-bond acceptors (Lipinski definition) is 4. The van der Waals surface area contributed by atoms with Gasteiger partial charge < -0.3 is 23.2 Å². The molecule has 3 aromatic heterocycles. The van der Waals surface area contributed by atoms with Crippen molar-refractivity contribution in [3.05, 3.63) is 237 Å². The number of benzene rings is 10. The molecule has 0 fully saturated rings. The van der Waals surface area contributed by atoms with Crippen LogP contribution in [-0.2, 0) is 0 Å². The van der Waals surface area contributed by atoms with Gasteiger partial charge in [0.2, 0.25) is 0 Å². The van der Waals surface area contributed by atoms with Crippen LogP contribution in [0, 0.1) is 0 Å². The van der Waals surface area contributed by atoms with Gasteiger partial charge in [-0.1, -0.05) is 121 Å². The van der Waals surface area contributed by atoms with Crippen LogP contribution < -0.4 is 9.80 Å². The molecule has 13 rings (SSSR count). The molecule has 65 heavy (non-hydrogen) atoms. The zero-order valence-electron chi connectivity index (χ0n) is 35.2. The number of nitrogens with zero attached hydrogens (tertiary/aromatic N) is 3. The molecular formula is C60H39N3O2. The maximum Gasteiger partial charge on any atom is 0.137 e. The number of anilines is 6. The Bertz CT molecular complexity index is 3750. The van der Waals surface area contributed by atoms with Gasteiger partial charge in [-0.15, -0.1) is 0 Å². The van der Waals surface area contributed by atoms with Crippen molar-refractivity contribution >= 4 is 99.8 Å². The number of hydrogen-bond donors (Lipinski definition) is 0. The van der Waals surface area contributed by atoms with Crippen LogP contribution in [0.25, 0.3) is 82.5 Å². The first kappa shape index (κ1) is 36.8. The average molecular weight is 834 g/mol. The molecule has 0 amide bonds. The molecule has 5 heteroatoms. The Morgan fingerprint density at radius 1 is 0.292 bits per heavy atom. The van der Waals surface area contributed by atoms with Gasteiger partial charge in [-0.25, -0.2) is 0 Å². The predicted octanol–water partition coefficient (Wildman–Crippen LogP) is 17.2. The Morgan fingerprint density at radius 2 is 0.738 bits per heavy atom. The summed E-state index contributed by atoms with van der Waals surface area (Å²) in [6.45, 7) is 0. The molecule has 0 aliphatic rings. The zero-order valence-corrected chi connectivity index (χ0v) is 35.2. The summed E-state index contributed by atoms with van der Waals surface area (Å²) in [4.78, 5) is 4.60. The number of aromatic nitrogens is 1. The van der Waals surface area contributed by atoms with Crippen molar-refractivity contribution in [1.82, 2.24) is 4.57 Å². The van der Waals surface area contributed by atoms with Gasteiger partial charge in [0, 0.05) is 84.3 Å². The molecule has 0 N–H and O–H groups in total. The Labute approximate surface area is 374 Å². The molecule has 0 bridgehead atoms. The zero-order chi connectivity index (χ0) is 42.8. The van der Waals surface area contributed by atoms with Gasteiger partial charge >= 0.3 is 0 Å². The minimum absolute atomic E-state index is 0.844. The van der Waals surface area contributed by atoms with Crippen LogP contribution in [0.5, 0.6) is 0 Å². The van der Waals surface area contributed by atoms with E-state index in [0.29, 0.717) is 0 Å². The fourth-order valence-corrected chi connectivity index (χ4v) is 9.86. The number of para-hydroxylation sites is 5. The van der Waals surface area contributed by atoms with Crippen molar-refractivity contribution in [2.75, 3.05) is 9.80 Å². The van der Waals surface area contributed by atoms with E-state index in [0.717, 1.165) is 100 Å². The lowest BCUT2D eigenvalue weighted by molar-refractivity contribution is 0.669. The van der Waals surface area contributed by atoms with E-state index in [1.165, 1.54) is 16.3 Å². The molecule has 0 spiro atoms. The van der Waals surface area contributed by atoms with Crippen molar-refractivity contribution in [2.45, 2.75) is 0 Å². The molecule has 0 unspecified atom stereocenters. The van der Waals surface area contributed by atoms with Gasteiger partial charge in [0.05, 0.1) is 11.0 Å². The standard InChI is InChI=1S/C60H39N3O2/c1-3-15-41(16-4-1)61(42-17-5-2-6-18-42)44-19-13-20-45(37-44)63-54-25-10-7-23-53(54)60-48(24-14-26-55(60)63)40-29-31-43(32-30-40)62(46-33-35-51-49-21-8-11-27-56(49)64-58(51)38-46)47-34-36-52-50-22-9-12-28-57(50)65-59(52)39-47/h1-39H. The third-order valence-electron chi connectivity index (χ3n) is 12.8. The molecule has 0 saturated carbocycles. The summed E-state index contributed by atoms with van der Waals surface area (Å²) in [5.74, 6) is 0. The van der Waals surface area contributed by atoms with E-state index >= 15 is 0 Å². The smallest absolute Gasteiger partial charge is 0.137 e.